The van der Waals surface area contributed by atoms with Gasteiger partial charge >= 0.3 is 0 Å². The van der Waals surface area contributed by atoms with Crippen LogP contribution in [0.3, 0.4) is 0 Å². The Balaban J connectivity index is 0.00000136. The van der Waals surface area contributed by atoms with Crippen molar-refractivity contribution in [2.24, 2.45) is 0 Å². The fourth-order valence-electron chi connectivity index (χ4n) is 2.94. The molecule has 0 aliphatic carbocycles. The first-order valence-electron chi connectivity index (χ1n) is 9.18. The van der Waals surface area contributed by atoms with Crippen LogP contribution in [0.1, 0.15) is 35.3 Å². The minimum absolute atomic E-state index is 0.165. The predicted molar refractivity (Wildman–Crippen MR) is 116 cm³/mol. The molecule has 1 amide bonds. The van der Waals surface area contributed by atoms with Gasteiger partial charge in [-0.2, -0.15) is 0 Å². The molecule has 0 spiro atoms. The lowest BCUT2D eigenvalue weighted by Gasteiger charge is -2.08. The summed E-state index contributed by atoms with van der Waals surface area (Å²) in [4.78, 5) is 24.6. The second-order valence-electron chi connectivity index (χ2n) is 5.93. The Kier molecular flexibility index (Phi) is 7.18. The van der Waals surface area contributed by atoms with E-state index in [4.69, 9.17) is 11.6 Å². The maximum Gasteiger partial charge on any atom is 0.253 e. The first-order chi connectivity index (χ1) is 13.5. The molecule has 2 aromatic heterocycles. The number of aryl methyl sites for hydroxylation is 1. The van der Waals surface area contributed by atoms with E-state index >= 15 is 0 Å². The minimum atomic E-state index is -0.165. The number of nitrogens with zero attached hydrogens (tertiary/aromatic N) is 2. The van der Waals surface area contributed by atoms with Gasteiger partial charge in [0.25, 0.3) is 5.91 Å². The van der Waals surface area contributed by atoms with Crippen molar-refractivity contribution in [2.75, 3.05) is 19.4 Å². The van der Waals surface area contributed by atoms with E-state index in [1.807, 2.05) is 52.0 Å². The number of anilines is 1. The standard InChI is InChI=1S/C19H20ClN5O.C2H6/c1-10-5-6-12(20)9-13(10)17-15(18(26)21-3)11(2)16(25-17)14-7-8-23-19(22-4)24-14;1-2/h5-9,25H,1-4H3,(H,21,26)(H,22,23,24);1-2H3. The van der Waals surface area contributed by atoms with Crippen molar-refractivity contribution >= 4 is 23.5 Å². The molecule has 2 heterocycles. The molecule has 3 aromatic rings. The highest BCUT2D eigenvalue weighted by Gasteiger charge is 2.23. The number of hydrogen-bond donors (Lipinski definition) is 3. The summed E-state index contributed by atoms with van der Waals surface area (Å²) in [7, 11) is 3.38. The molecular weight excluding hydrogens is 374 g/mol. The SMILES string of the molecule is CC.CNC(=O)c1c(-c2cc(Cl)ccc2C)[nH]c(-c2ccnc(NC)n2)c1C. The van der Waals surface area contributed by atoms with Gasteiger partial charge in [0.05, 0.1) is 22.6 Å². The molecule has 1 aromatic carbocycles. The zero-order valence-electron chi connectivity index (χ0n) is 17.1. The second-order valence-corrected chi connectivity index (χ2v) is 6.37. The maximum atomic E-state index is 12.6. The molecule has 0 aliphatic rings. The highest BCUT2D eigenvalue weighted by atomic mass is 35.5. The van der Waals surface area contributed by atoms with Crippen molar-refractivity contribution in [3.05, 3.63) is 52.2 Å². The van der Waals surface area contributed by atoms with Crippen LogP contribution in [0.5, 0.6) is 0 Å². The molecule has 0 atom stereocenters. The van der Waals surface area contributed by atoms with Crippen LogP contribution in [-0.2, 0) is 0 Å². The third-order valence-electron chi connectivity index (χ3n) is 4.31. The summed E-state index contributed by atoms with van der Waals surface area (Å²) in [5.41, 5.74) is 5.51. The molecule has 7 heteroatoms. The van der Waals surface area contributed by atoms with Crippen molar-refractivity contribution in [3.8, 4) is 22.6 Å². The molecule has 0 saturated heterocycles. The summed E-state index contributed by atoms with van der Waals surface area (Å²) in [6.07, 6.45) is 1.68. The zero-order chi connectivity index (χ0) is 20.8. The lowest BCUT2D eigenvalue weighted by atomic mass is 10.00. The maximum absolute atomic E-state index is 12.6. The third-order valence-corrected chi connectivity index (χ3v) is 4.54. The molecule has 3 rings (SSSR count). The monoisotopic (exact) mass is 399 g/mol. The fourth-order valence-corrected chi connectivity index (χ4v) is 3.11. The molecule has 0 radical (unpaired) electrons. The van der Waals surface area contributed by atoms with Crippen LogP contribution in [0.25, 0.3) is 22.6 Å². The van der Waals surface area contributed by atoms with Gasteiger partial charge in [0, 0.05) is 30.9 Å². The number of carbonyl (C=O) groups is 1. The van der Waals surface area contributed by atoms with Gasteiger partial charge in [-0.15, -0.1) is 0 Å². The number of aromatic amines is 1. The van der Waals surface area contributed by atoms with Crippen molar-refractivity contribution in [2.45, 2.75) is 27.7 Å². The Morgan fingerprint density at radius 2 is 1.82 bits per heavy atom. The fraction of sp³-hybridized carbons (Fsp3) is 0.286. The van der Waals surface area contributed by atoms with E-state index in [2.05, 4.69) is 25.6 Å². The molecule has 28 heavy (non-hydrogen) atoms. The predicted octanol–water partition coefficient (Wildman–Crippen LogP) is 4.84. The first kappa shape index (κ1) is 21.4. The van der Waals surface area contributed by atoms with Gasteiger partial charge in [-0.05, 0) is 43.2 Å². The molecule has 148 valence electrons. The average molecular weight is 400 g/mol. The Morgan fingerprint density at radius 3 is 2.46 bits per heavy atom. The van der Waals surface area contributed by atoms with Crippen LogP contribution < -0.4 is 10.6 Å². The van der Waals surface area contributed by atoms with Gasteiger partial charge in [0.1, 0.15) is 0 Å². The van der Waals surface area contributed by atoms with Gasteiger partial charge in [-0.1, -0.05) is 31.5 Å². The van der Waals surface area contributed by atoms with Gasteiger partial charge in [-0.25, -0.2) is 9.97 Å². The van der Waals surface area contributed by atoms with Crippen LogP contribution in [0.4, 0.5) is 5.95 Å². The van der Waals surface area contributed by atoms with E-state index in [0.29, 0.717) is 22.2 Å². The third kappa shape index (κ3) is 4.17. The Morgan fingerprint density at radius 1 is 1.11 bits per heavy atom. The van der Waals surface area contributed by atoms with Crippen molar-refractivity contribution in [1.82, 2.24) is 20.3 Å². The molecule has 6 nitrogen and oxygen atoms in total. The molecule has 3 N–H and O–H groups in total. The summed E-state index contributed by atoms with van der Waals surface area (Å²) in [5.74, 6) is 0.348. The Hall–Kier alpha value is -2.86. The van der Waals surface area contributed by atoms with Crippen LogP contribution in [0.15, 0.2) is 30.5 Å². The number of rotatable bonds is 4. The largest absolute Gasteiger partial charge is 0.357 e. The summed E-state index contributed by atoms with van der Waals surface area (Å²) in [6.45, 7) is 7.89. The number of hydrogen-bond acceptors (Lipinski definition) is 4. The molecule has 0 bridgehead atoms. The normalized spacial score (nSPS) is 10.1. The first-order valence-corrected chi connectivity index (χ1v) is 9.56. The molecule has 0 unspecified atom stereocenters. The lowest BCUT2D eigenvalue weighted by molar-refractivity contribution is 0.0963. The van der Waals surface area contributed by atoms with Crippen LogP contribution in [0.2, 0.25) is 5.02 Å². The van der Waals surface area contributed by atoms with E-state index in [1.54, 1.807) is 20.3 Å². The zero-order valence-corrected chi connectivity index (χ0v) is 17.8. The van der Waals surface area contributed by atoms with Gasteiger partial charge in [-0.3, -0.25) is 4.79 Å². The van der Waals surface area contributed by atoms with E-state index in [1.165, 1.54) is 0 Å². The van der Waals surface area contributed by atoms with Crippen molar-refractivity contribution in [1.29, 1.82) is 0 Å². The Bertz CT molecular complexity index is 981. The number of aromatic nitrogens is 3. The van der Waals surface area contributed by atoms with Crippen LogP contribution in [0, 0.1) is 13.8 Å². The lowest BCUT2D eigenvalue weighted by Crippen LogP contribution is -2.19. The minimum Gasteiger partial charge on any atom is -0.357 e. The molecule has 0 fully saturated rings. The van der Waals surface area contributed by atoms with E-state index in [-0.39, 0.29) is 5.91 Å². The summed E-state index contributed by atoms with van der Waals surface area (Å²) in [5, 5.41) is 6.26. The quantitative estimate of drug-likeness (QED) is 0.586. The number of carbonyl (C=O) groups excluding carboxylic acids is 1. The highest BCUT2D eigenvalue weighted by Crippen LogP contribution is 2.35. The molecular formula is C21H26ClN5O. The molecule has 0 aliphatic heterocycles. The van der Waals surface area contributed by atoms with Crippen molar-refractivity contribution < 1.29 is 4.79 Å². The summed E-state index contributed by atoms with van der Waals surface area (Å²) >= 11 is 6.19. The molecule has 0 saturated carbocycles. The van der Waals surface area contributed by atoms with E-state index in [0.717, 1.165) is 28.1 Å². The van der Waals surface area contributed by atoms with E-state index in [9.17, 15) is 4.79 Å². The van der Waals surface area contributed by atoms with Gasteiger partial charge < -0.3 is 15.6 Å². The van der Waals surface area contributed by atoms with Gasteiger partial charge in [0.15, 0.2) is 0 Å². The highest BCUT2D eigenvalue weighted by molar-refractivity contribution is 6.31. The number of amides is 1. The summed E-state index contributed by atoms with van der Waals surface area (Å²) in [6, 6.07) is 7.44. The number of nitrogens with one attached hydrogen (secondary N) is 3. The topological polar surface area (TPSA) is 82.7 Å². The number of benzene rings is 1. The van der Waals surface area contributed by atoms with Gasteiger partial charge in [0.2, 0.25) is 5.95 Å². The number of halogens is 1. The smallest absolute Gasteiger partial charge is 0.253 e. The number of H-pyrrole nitrogens is 1. The van der Waals surface area contributed by atoms with Crippen molar-refractivity contribution in [3.63, 3.8) is 0 Å². The average Bonchev–Trinajstić information content (AvgIpc) is 3.07. The second kappa shape index (κ2) is 9.37. The summed E-state index contributed by atoms with van der Waals surface area (Å²) < 4.78 is 0. The van der Waals surface area contributed by atoms with Crippen LogP contribution in [-0.4, -0.2) is 35.0 Å². The Labute approximate surface area is 170 Å². The van der Waals surface area contributed by atoms with Crippen LogP contribution >= 0.6 is 11.6 Å². The van der Waals surface area contributed by atoms with E-state index < -0.39 is 0 Å².